The van der Waals surface area contributed by atoms with Crippen LogP contribution in [0.2, 0.25) is 5.02 Å². The van der Waals surface area contributed by atoms with E-state index in [2.05, 4.69) is 32.8 Å². The highest BCUT2D eigenvalue weighted by Gasteiger charge is 2.32. The van der Waals surface area contributed by atoms with Gasteiger partial charge in [0.15, 0.2) is 0 Å². The molecular formula is C15H28ClN3O. The van der Waals surface area contributed by atoms with Crippen LogP contribution in [-0.4, -0.2) is 28.5 Å². The molecule has 2 N–H and O–H groups in total. The van der Waals surface area contributed by atoms with Crippen LogP contribution in [0.3, 0.4) is 0 Å². The summed E-state index contributed by atoms with van der Waals surface area (Å²) in [5, 5.41) is 5.17. The molecule has 20 heavy (non-hydrogen) atoms. The Bertz CT molecular complexity index is 437. The van der Waals surface area contributed by atoms with Crippen molar-refractivity contribution in [1.29, 1.82) is 0 Å². The molecule has 2 atom stereocenters. The third-order valence-electron chi connectivity index (χ3n) is 3.47. The van der Waals surface area contributed by atoms with Crippen molar-refractivity contribution in [3.8, 4) is 0 Å². The normalized spacial score (nSPS) is 15.4. The molecule has 0 aliphatic heterocycles. The van der Waals surface area contributed by atoms with E-state index in [1.807, 2.05) is 18.5 Å². The van der Waals surface area contributed by atoms with E-state index in [0.29, 0.717) is 13.0 Å². The maximum absolute atomic E-state index is 6.40. The third-order valence-corrected chi connectivity index (χ3v) is 3.96. The first-order valence-corrected chi connectivity index (χ1v) is 7.69. The van der Waals surface area contributed by atoms with Gasteiger partial charge in [0.2, 0.25) is 0 Å². The minimum atomic E-state index is -0.103. The topological polar surface area (TPSA) is 53.1 Å². The molecule has 0 aromatic carbocycles. The molecule has 0 saturated heterocycles. The number of aryl methyl sites for hydroxylation is 2. The van der Waals surface area contributed by atoms with Crippen LogP contribution in [0.25, 0.3) is 0 Å². The Morgan fingerprint density at radius 2 is 1.95 bits per heavy atom. The van der Waals surface area contributed by atoms with Crippen molar-refractivity contribution in [2.24, 2.45) is 11.1 Å². The second-order valence-corrected chi connectivity index (χ2v) is 6.65. The van der Waals surface area contributed by atoms with Gasteiger partial charge in [0, 0.05) is 25.6 Å². The van der Waals surface area contributed by atoms with E-state index >= 15 is 0 Å². The quantitative estimate of drug-likeness (QED) is 0.878. The predicted molar refractivity (Wildman–Crippen MR) is 84.2 cm³/mol. The molecule has 1 aromatic heterocycles. The van der Waals surface area contributed by atoms with Crippen molar-refractivity contribution in [2.75, 3.05) is 6.61 Å². The molecule has 4 nitrogen and oxygen atoms in total. The smallest absolute Gasteiger partial charge is 0.0847 e. The molecule has 1 heterocycles. The van der Waals surface area contributed by atoms with Crippen molar-refractivity contribution in [3.63, 3.8) is 0 Å². The first kappa shape index (κ1) is 17.5. The van der Waals surface area contributed by atoms with Gasteiger partial charge in [-0.2, -0.15) is 5.10 Å². The molecule has 0 amide bonds. The van der Waals surface area contributed by atoms with Crippen molar-refractivity contribution in [2.45, 2.75) is 66.7 Å². The van der Waals surface area contributed by atoms with E-state index in [4.69, 9.17) is 22.1 Å². The zero-order valence-corrected chi connectivity index (χ0v) is 14.3. The van der Waals surface area contributed by atoms with Crippen LogP contribution < -0.4 is 5.73 Å². The van der Waals surface area contributed by atoms with Crippen LogP contribution in [0.1, 0.15) is 46.0 Å². The SMILES string of the molecule is CCOC(C(N)Cc1c(Cl)c(C)nn1CC)C(C)(C)C. The number of hydrogen-bond donors (Lipinski definition) is 1. The van der Waals surface area contributed by atoms with Gasteiger partial charge in [-0.3, -0.25) is 4.68 Å². The van der Waals surface area contributed by atoms with E-state index in [-0.39, 0.29) is 17.6 Å². The number of aromatic nitrogens is 2. The number of halogens is 1. The summed E-state index contributed by atoms with van der Waals surface area (Å²) in [5.74, 6) is 0. The van der Waals surface area contributed by atoms with Crippen molar-refractivity contribution < 1.29 is 4.74 Å². The van der Waals surface area contributed by atoms with Crippen molar-refractivity contribution in [1.82, 2.24) is 9.78 Å². The average Bonchev–Trinajstić information content (AvgIpc) is 2.62. The molecule has 0 fully saturated rings. The maximum atomic E-state index is 6.40. The van der Waals surface area contributed by atoms with Crippen LogP contribution >= 0.6 is 11.6 Å². The summed E-state index contributed by atoms with van der Waals surface area (Å²) < 4.78 is 7.80. The van der Waals surface area contributed by atoms with Gasteiger partial charge in [-0.15, -0.1) is 0 Å². The average molecular weight is 302 g/mol. The predicted octanol–water partition coefficient (Wildman–Crippen LogP) is 3.19. The van der Waals surface area contributed by atoms with Crippen LogP contribution in [0.5, 0.6) is 0 Å². The molecule has 0 aliphatic rings. The Morgan fingerprint density at radius 3 is 2.40 bits per heavy atom. The number of nitrogens with two attached hydrogens (primary N) is 1. The molecule has 1 aromatic rings. The van der Waals surface area contributed by atoms with Gasteiger partial charge >= 0.3 is 0 Å². The van der Waals surface area contributed by atoms with Gasteiger partial charge in [-0.05, 0) is 26.2 Å². The minimum absolute atomic E-state index is 0.00594. The number of nitrogens with zero attached hydrogens (tertiary/aromatic N) is 2. The van der Waals surface area contributed by atoms with Crippen molar-refractivity contribution >= 4 is 11.6 Å². The standard InChI is InChI=1S/C15H28ClN3O/c1-7-19-12(13(16)10(3)18-19)9-11(17)14(20-8-2)15(4,5)6/h11,14H,7-9,17H2,1-6H3. The van der Waals surface area contributed by atoms with E-state index in [9.17, 15) is 0 Å². The van der Waals surface area contributed by atoms with E-state index in [1.165, 1.54) is 0 Å². The summed E-state index contributed by atoms with van der Waals surface area (Å²) in [4.78, 5) is 0. The van der Waals surface area contributed by atoms with Gasteiger partial charge in [-0.1, -0.05) is 32.4 Å². The largest absolute Gasteiger partial charge is 0.376 e. The molecule has 5 heteroatoms. The maximum Gasteiger partial charge on any atom is 0.0847 e. The van der Waals surface area contributed by atoms with Gasteiger partial charge in [0.05, 0.1) is 22.5 Å². The Kier molecular flexibility index (Phi) is 6.05. The van der Waals surface area contributed by atoms with Crippen LogP contribution in [-0.2, 0) is 17.7 Å². The van der Waals surface area contributed by atoms with Crippen LogP contribution in [0.15, 0.2) is 0 Å². The lowest BCUT2D eigenvalue weighted by molar-refractivity contribution is -0.0277. The minimum Gasteiger partial charge on any atom is -0.376 e. The molecule has 2 unspecified atom stereocenters. The summed E-state index contributed by atoms with van der Waals surface area (Å²) >= 11 is 6.35. The van der Waals surface area contributed by atoms with Gasteiger partial charge < -0.3 is 10.5 Å². The molecule has 0 spiro atoms. The highest BCUT2D eigenvalue weighted by atomic mass is 35.5. The zero-order chi connectivity index (χ0) is 15.5. The fraction of sp³-hybridized carbons (Fsp3) is 0.800. The van der Waals surface area contributed by atoms with Gasteiger partial charge in [-0.25, -0.2) is 0 Å². The molecule has 1 rings (SSSR count). The second kappa shape index (κ2) is 6.92. The molecule has 0 aliphatic carbocycles. The molecular weight excluding hydrogens is 274 g/mol. The first-order chi connectivity index (χ1) is 9.22. The lowest BCUT2D eigenvalue weighted by Gasteiger charge is -2.35. The van der Waals surface area contributed by atoms with E-state index in [1.54, 1.807) is 0 Å². The first-order valence-electron chi connectivity index (χ1n) is 7.31. The number of hydrogen-bond acceptors (Lipinski definition) is 3. The molecule has 116 valence electrons. The third kappa shape index (κ3) is 3.96. The monoisotopic (exact) mass is 301 g/mol. The Balaban J connectivity index is 2.96. The van der Waals surface area contributed by atoms with Crippen molar-refractivity contribution in [3.05, 3.63) is 16.4 Å². The number of rotatable bonds is 6. The Labute approximate surface area is 127 Å². The van der Waals surface area contributed by atoms with Crippen LogP contribution in [0, 0.1) is 12.3 Å². The summed E-state index contributed by atoms with van der Waals surface area (Å²) in [6.07, 6.45) is 0.666. The highest BCUT2D eigenvalue weighted by molar-refractivity contribution is 6.31. The lowest BCUT2D eigenvalue weighted by Crippen LogP contribution is -2.47. The lowest BCUT2D eigenvalue weighted by atomic mass is 9.83. The molecule has 0 bridgehead atoms. The van der Waals surface area contributed by atoms with E-state index in [0.717, 1.165) is 23.0 Å². The Morgan fingerprint density at radius 1 is 1.35 bits per heavy atom. The second-order valence-electron chi connectivity index (χ2n) is 6.27. The number of ether oxygens (including phenoxy) is 1. The zero-order valence-electron chi connectivity index (χ0n) is 13.5. The summed E-state index contributed by atoms with van der Waals surface area (Å²) in [7, 11) is 0. The van der Waals surface area contributed by atoms with Crippen LogP contribution in [0.4, 0.5) is 0 Å². The molecule has 0 radical (unpaired) electrons. The fourth-order valence-corrected chi connectivity index (χ4v) is 2.80. The Hall–Kier alpha value is -0.580. The van der Waals surface area contributed by atoms with Gasteiger partial charge in [0.25, 0.3) is 0 Å². The summed E-state index contributed by atoms with van der Waals surface area (Å²) in [6.45, 7) is 13.9. The van der Waals surface area contributed by atoms with E-state index < -0.39 is 0 Å². The summed E-state index contributed by atoms with van der Waals surface area (Å²) in [6, 6.07) is -0.103. The molecule has 0 saturated carbocycles. The fourth-order valence-electron chi connectivity index (χ4n) is 2.59. The van der Waals surface area contributed by atoms with Gasteiger partial charge in [0.1, 0.15) is 0 Å². The summed E-state index contributed by atoms with van der Waals surface area (Å²) in [5.41, 5.74) is 8.26. The highest BCUT2D eigenvalue weighted by Crippen LogP contribution is 2.28.